The minimum Gasteiger partial charge on any atom is -0.394 e. The van der Waals surface area contributed by atoms with Crippen LogP contribution in [-0.2, 0) is 14.3 Å². The van der Waals surface area contributed by atoms with Crippen molar-refractivity contribution in [2.45, 2.75) is 204 Å². The third kappa shape index (κ3) is 24.5. The molecule has 1 rings (SSSR count). The van der Waals surface area contributed by atoms with Gasteiger partial charge in [0.25, 0.3) is 0 Å². The number of allylic oxidation sites excluding steroid dienone is 7. The first-order valence-electron chi connectivity index (χ1n) is 20.9. The smallest absolute Gasteiger partial charge is 0.220 e. The molecule has 1 aliphatic rings. The second kappa shape index (κ2) is 33.7. The van der Waals surface area contributed by atoms with Crippen molar-refractivity contribution >= 4 is 5.91 Å². The number of ether oxygens (including phenoxy) is 2. The van der Waals surface area contributed by atoms with Gasteiger partial charge in [-0.15, -0.1) is 0 Å². The molecular weight excluding hydrogens is 658 g/mol. The van der Waals surface area contributed by atoms with Crippen LogP contribution in [-0.4, -0.2) is 87.5 Å². The van der Waals surface area contributed by atoms with Gasteiger partial charge in [-0.05, 0) is 64.2 Å². The molecule has 1 heterocycles. The zero-order valence-electron chi connectivity index (χ0n) is 32.8. The van der Waals surface area contributed by atoms with Crippen molar-refractivity contribution in [3.8, 4) is 0 Å². The lowest BCUT2D eigenvalue weighted by Gasteiger charge is -2.40. The zero-order chi connectivity index (χ0) is 38.1. The van der Waals surface area contributed by atoms with Crippen LogP contribution in [0.4, 0.5) is 0 Å². The third-order valence-corrected chi connectivity index (χ3v) is 9.60. The van der Waals surface area contributed by atoms with Gasteiger partial charge in [-0.1, -0.05) is 140 Å². The van der Waals surface area contributed by atoms with Crippen LogP contribution in [0, 0.1) is 0 Å². The number of hydrogen-bond donors (Lipinski definition) is 6. The van der Waals surface area contributed by atoms with Crippen LogP contribution < -0.4 is 5.32 Å². The molecular formula is C43H77NO8. The van der Waals surface area contributed by atoms with Crippen molar-refractivity contribution in [1.29, 1.82) is 0 Å². The predicted molar refractivity (Wildman–Crippen MR) is 212 cm³/mol. The molecule has 9 heteroatoms. The molecule has 6 N–H and O–H groups in total. The summed E-state index contributed by atoms with van der Waals surface area (Å²) in [6.07, 6.45) is 34.6. The van der Waals surface area contributed by atoms with Crippen molar-refractivity contribution in [1.82, 2.24) is 5.32 Å². The maximum Gasteiger partial charge on any atom is 0.220 e. The average Bonchev–Trinajstić information content (AvgIpc) is 3.14. The molecule has 0 aromatic rings. The van der Waals surface area contributed by atoms with Crippen LogP contribution >= 0.6 is 0 Å². The molecule has 1 saturated heterocycles. The molecule has 0 radical (unpaired) electrons. The third-order valence-electron chi connectivity index (χ3n) is 9.60. The van der Waals surface area contributed by atoms with E-state index in [0.29, 0.717) is 6.42 Å². The minimum atomic E-state index is -1.58. The summed E-state index contributed by atoms with van der Waals surface area (Å²) in [5.74, 6) is -0.230. The molecule has 0 aliphatic carbocycles. The fourth-order valence-electron chi connectivity index (χ4n) is 6.19. The minimum absolute atomic E-state index is 0.218. The maximum atomic E-state index is 12.8. The molecule has 302 valence electrons. The second-order valence-corrected chi connectivity index (χ2v) is 14.4. The highest BCUT2D eigenvalue weighted by Gasteiger charge is 2.44. The Morgan fingerprint density at radius 2 is 1.10 bits per heavy atom. The Morgan fingerprint density at radius 3 is 1.63 bits per heavy atom. The Bertz CT molecular complexity index is 951. The van der Waals surface area contributed by atoms with Crippen LogP contribution in [0.1, 0.15) is 162 Å². The molecule has 52 heavy (non-hydrogen) atoms. The number of amides is 1. The summed E-state index contributed by atoms with van der Waals surface area (Å²) in [5, 5.41) is 53.9. The van der Waals surface area contributed by atoms with Crippen molar-refractivity contribution < 1.29 is 39.8 Å². The summed E-state index contributed by atoms with van der Waals surface area (Å²) in [6.45, 7) is 3.67. The average molecular weight is 736 g/mol. The number of carbonyl (C=O) groups excluding carboxylic acids is 1. The summed E-state index contributed by atoms with van der Waals surface area (Å²) in [6, 6.07) is -0.840. The van der Waals surface area contributed by atoms with E-state index in [1.165, 1.54) is 96.3 Å². The van der Waals surface area contributed by atoms with E-state index in [4.69, 9.17) is 9.47 Å². The van der Waals surface area contributed by atoms with Gasteiger partial charge < -0.3 is 40.3 Å². The first-order valence-corrected chi connectivity index (χ1v) is 20.9. The molecule has 1 fully saturated rings. The summed E-state index contributed by atoms with van der Waals surface area (Å²) < 4.78 is 11.1. The number of aliphatic hydroxyl groups excluding tert-OH is 5. The number of nitrogens with one attached hydrogen (secondary N) is 1. The first-order chi connectivity index (χ1) is 25.3. The lowest BCUT2D eigenvalue weighted by molar-refractivity contribution is -0.302. The number of aliphatic hydroxyl groups is 5. The molecule has 0 bridgehead atoms. The van der Waals surface area contributed by atoms with Gasteiger partial charge in [-0.3, -0.25) is 4.79 Å². The van der Waals surface area contributed by atoms with E-state index < -0.39 is 49.5 Å². The van der Waals surface area contributed by atoms with Gasteiger partial charge in [-0.25, -0.2) is 0 Å². The second-order valence-electron chi connectivity index (χ2n) is 14.4. The lowest BCUT2D eigenvalue weighted by atomic mass is 9.99. The number of carbonyl (C=O) groups is 1. The SMILES string of the molecule is CCCCCC/C=C\CCCC(=O)NC(COC1OC(CO)C(O)C(O)C1O)C(O)/C=C/CC/C=C/CC/C=C/CCCCCCCCCCCC. The van der Waals surface area contributed by atoms with Gasteiger partial charge >= 0.3 is 0 Å². The lowest BCUT2D eigenvalue weighted by Crippen LogP contribution is -2.60. The first kappa shape index (κ1) is 48.2. The van der Waals surface area contributed by atoms with Crippen LogP contribution in [0.15, 0.2) is 48.6 Å². The summed E-state index contributed by atoms with van der Waals surface area (Å²) in [5.41, 5.74) is 0. The van der Waals surface area contributed by atoms with Crippen molar-refractivity contribution in [3.63, 3.8) is 0 Å². The van der Waals surface area contributed by atoms with Crippen LogP contribution in [0.25, 0.3) is 0 Å². The Balaban J connectivity index is 2.43. The highest BCUT2D eigenvalue weighted by Crippen LogP contribution is 2.22. The number of hydrogen-bond acceptors (Lipinski definition) is 8. The number of rotatable bonds is 33. The van der Waals surface area contributed by atoms with E-state index in [9.17, 15) is 30.3 Å². The molecule has 0 spiro atoms. The molecule has 0 saturated carbocycles. The fourth-order valence-corrected chi connectivity index (χ4v) is 6.19. The topological polar surface area (TPSA) is 149 Å². The van der Waals surface area contributed by atoms with E-state index in [1.807, 2.05) is 6.08 Å². The molecule has 7 unspecified atom stereocenters. The van der Waals surface area contributed by atoms with Gasteiger partial charge in [0.1, 0.15) is 24.4 Å². The van der Waals surface area contributed by atoms with Crippen LogP contribution in [0.3, 0.4) is 0 Å². The molecule has 0 aromatic heterocycles. The zero-order valence-corrected chi connectivity index (χ0v) is 32.8. The van der Waals surface area contributed by atoms with Crippen LogP contribution in [0.2, 0.25) is 0 Å². The Kier molecular flexibility index (Phi) is 31.2. The molecule has 7 atom stereocenters. The highest BCUT2D eigenvalue weighted by atomic mass is 16.7. The predicted octanol–water partition coefficient (Wildman–Crippen LogP) is 7.89. The van der Waals surface area contributed by atoms with Crippen LogP contribution in [0.5, 0.6) is 0 Å². The Labute approximate surface area is 316 Å². The summed E-state index contributed by atoms with van der Waals surface area (Å²) >= 11 is 0. The van der Waals surface area contributed by atoms with E-state index in [2.05, 4.69) is 55.6 Å². The normalized spacial score (nSPS) is 22.3. The van der Waals surface area contributed by atoms with E-state index >= 15 is 0 Å². The van der Waals surface area contributed by atoms with Crippen molar-refractivity contribution in [2.75, 3.05) is 13.2 Å². The summed E-state index contributed by atoms with van der Waals surface area (Å²) in [7, 11) is 0. The standard InChI is InChI=1S/C43H77NO8/c1-3-5-7-9-11-13-14-15-16-17-18-19-20-21-22-23-25-26-28-30-32-37(46)36(35-51-43-42(50)41(49)40(48)38(34-45)52-43)44-39(47)33-31-29-27-24-12-10-8-6-4-2/h19-20,23-25,27,30,32,36-38,40-43,45-46,48-50H,3-18,21-22,26,28-29,31,33-35H2,1-2H3,(H,44,47)/b20-19+,25-23+,27-24-,32-30+. The largest absolute Gasteiger partial charge is 0.394 e. The van der Waals surface area contributed by atoms with Gasteiger partial charge in [-0.2, -0.15) is 0 Å². The summed E-state index contributed by atoms with van der Waals surface area (Å²) in [4.78, 5) is 12.8. The Hall–Kier alpha value is -1.85. The van der Waals surface area contributed by atoms with Crippen molar-refractivity contribution in [3.05, 3.63) is 48.6 Å². The van der Waals surface area contributed by atoms with Gasteiger partial charge in [0.05, 0.1) is 25.4 Å². The van der Waals surface area contributed by atoms with Gasteiger partial charge in [0, 0.05) is 6.42 Å². The maximum absolute atomic E-state index is 12.8. The molecule has 1 amide bonds. The van der Waals surface area contributed by atoms with E-state index in [1.54, 1.807) is 6.08 Å². The fraction of sp³-hybridized carbons (Fsp3) is 0.791. The molecule has 9 nitrogen and oxygen atoms in total. The van der Waals surface area contributed by atoms with Crippen molar-refractivity contribution in [2.24, 2.45) is 0 Å². The molecule has 1 aliphatic heterocycles. The number of unbranched alkanes of at least 4 members (excludes halogenated alkanes) is 17. The van der Waals surface area contributed by atoms with Gasteiger partial charge in [0.2, 0.25) is 5.91 Å². The monoisotopic (exact) mass is 736 g/mol. The van der Waals surface area contributed by atoms with Gasteiger partial charge in [0.15, 0.2) is 6.29 Å². The quantitative estimate of drug-likeness (QED) is 0.0295. The van der Waals surface area contributed by atoms with E-state index in [-0.39, 0.29) is 18.9 Å². The molecule has 0 aromatic carbocycles. The Morgan fingerprint density at radius 1 is 0.635 bits per heavy atom. The van der Waals surface area contributed by atoms with E-state index in [0.717, 1.165) is 38.5 Å². The highest BCUT2D eigenvalue weighted by molar-refractivity contribution is 5.76.